The molecule has 2 nitrogen and oxygen atoms in total. The van der Waals surface area contributed by atoms with Gasteiger partial charge < -0.3 is 4.89 Å². The fourth-order valence-electron chi connectivity index (χ4n) is 0. The molecule has 4 heteroatoms. The molecule has 0 amide bonds. The van der Waals surface area contributed by atoms with Crippen molar-refractivity contribution in [2.45, 2.75) is 6.92 Å². The van der Waals surface area contributed by atoms with Crippen molar-refractivity contribution >= 4 is 8.03 Å². The Morgan fingerprint density at radius 3 is 2.00 bits per heavy atom. The van der Waals surface area contributed by atoms with E-state index < -0.39 is 8.03 Å². The molecule has 36 valence electrons. The van der Waals surface area contributed by atoms with E-state index in [1.807, 2.05) is 0 Å². The Bertz CT molecular complexity index is 46.8. The standard InChI is InChI=1S/C2H7O2P.Ti/c1-2-5(3)4;/h5H,2H2,1H3,(H,3,4);. The molecule has 0 heterocycles. The van der Waals surface area contributed by atoms with Crippen molar-refractivity contribution in [3.8, 4) is 0 Å². The van der Waals surface area contributed by atoms with Crippen LogP contribution in [0.5, 0.6) is 0 Å². The summed E-state index contributed by atoms with van der Waals surface area (Å²) in [6, 6.07) is 0. The van der Waals surface area contributed by atoms with Crippen LogP contribution < -0.4 is 0 Å². The van der Waals surface area contributed by atoms with Crippen molar-refractivity contribution in [2.24, 2.45) is 0 Å². The zero-order valence-corrected chi connectivity index (χ0v) is 6.12. The second-order valence-corrected chi connectivity index (χ2v) is 2.24. The molecule has 0 rings (SSSR count). The van der Waals surface area contributed by atoms with Gasteiger partial charge in [0.2, 0.25) is 0 Å². The normalized spacial score (nSPS) is 12.3. The molecule has 0 bridgehead atoms. The molecule has 1 unspecified atom stereocenters. The van der Waals surface area contributed by atoms with Crippen LogP contribution >= 0.6 is 8.03 Å². The van der Waals surface area contributed by atoms with Crippen LogP contribution in [0, 0.1) is 0 Å². The van der Waals surface area contributed by atoms with Gasteiger partial charge in [0.1, 0.15) is 0 Å². The van der Waals surface area contributed by atoms with Crippen LogP contribution in [-0.4, -0.2) is 11.1 Å². The molecule has 1 atom stereocenters. The Balaban J connectivity index is 0. The van der Waals surface area contributed by atoms with Crippen molar-refractivity contribution in [1.82, 2.24) is 0 Å². The van der Waals surface area contributed by atoms with Gasteiger partial charge in [0.25, 0.3) is 0 Å². The minimum absolute atomic E-state index is 0. The third-order valence-electron chi connectivity index (χ3n) is 0.302. The molecule has 0 aromatic heterocycles. The SMILES string of the molecule is CC[PH](=O)O.[Ti]. The first kappa shape index (κ1) is 10.0. The number of rotatable bonds is 1. The van der Waals surface area contributed by atoms with Crippen LogP contribution in [0.15, 0.2) is 0 Å². The first-order valence-electron chi connectivity index (χ1n) is 1.49. The van der Waals surface area contributed by atoms with Crippen LogP contribution in [-0.2, 0) is 26.3 Å². The monoisotopic (exact) mass is 142 g/mol. The minimum Gasteiger partial charge on any atom is -0.346 e. The van der Waals surface area contributed by atoms with Gasteiger partial charge in [-0.3, -0.25) is 4.57 Å². The van der Waals surface area contributed by atoms with Gasteiger partial charge >= 0.3 is 0 Å². The first-order valence-corrected chi connectivity index (χ1v) is 3.05. The summed E-state index contributed by atoms with van der Waals surface area (Å²) in [4.78, 5) is 7.91. The fraction of sp³-hybridized carbons (Fsp3) is 1.00. The maximum Gasteiger partial charge on any atom is 0.188 e. The molecule has 0 aromatic carbocycles. The van der Waals surface area contributed by atoms with E-state index in [1.165, 1.54) is 0 Å². The average Bonchev–Trinajstić information content (AvgIpc) is 1.38. The third kappa shape index (κ3) is 8.86. The van der Waals surface area contributed by atoms with Crippen molar-refractivity contribution in [3.63, 3.8) is 0 Å². The van der Waals surface area contributed by atoms with Crippen LogP contribution in [0.2, 0.25) is 0 Å². The molecule has 0 saturated carbocycles. The van der Waals surface area contributed by atoms with Gasteiger partial charge in [0.05, 0.1) is 0 Å². The summed E-state index contributed by atoms with van der Waals surface area (Å²) in [7, 11) is -2.12. The summed E-state index contributed by atoms with van der Waals surface area (Å²) < 4.78 is 9.55. The van der Waals surface area contributed by atoms with Crippen LogP contribution in [0.25, 0.3) is 0 Å². The Kier molecular flexibility index (Phi) is 9.85. The smallest absolute Gasteiger partial charge is 0.188 e. The molecule has 0 saturated heterocycles. The van der Waals surface area contributed by atoms with Crippen LogP contribution in [0.1, 0.15) is 6.92 Å². The summed E-state index contributed by atoms with van der Waals surface area (Å²) in [5.74, 6) is 0. The van der Waals surface area contributed by atoms with Gasteiger partial charge in [-0.1, -0.05) is 6.92 Å². The van der Waals surface area contributed by atoms with Crippen molar-refractivity contribution in [3.05, 3.63) is 0 Å². The maximum atomic E-state index is 9.55. The molecular formula is C2H7O2PTi. The van der Waals surface area contributed by atoms with E-state index in [1.54, 1.807) is 6.92 Å². The predicted molar refractivity (Wildman–Crippen MR) is 21.8 cm³/mol. The first-order chi connectivity index (χ1) is 2.27. The van der Waals surface area contributed by atoms with E-state index in [2.05, 4.69) is 0 Å². The van der Waals surface area contributed by atoms with E-state index in [0.29, 0.717) is 6.16 Å². The van der Waals surface area contributed by atoms with E-state index in [-0.39, 0.29) is 21.7 Å². The molecule has 0 aromatic rings. The van der Waals surface area contributed by atoms with Gasteiger partial charge in [-0.2, -0.15) is 0 Å². The van der Waals surface area contributed by atoms with Crippen LogP contribution in [0.4, 0.5) is 0 Å². The van der Waals surface area contributed by atoms with E-state index >= 15 is 0 Å². The quantitative estimate of drug-likeness (QED) is 0.426. The van der Waals surface area contributed by atoms with E-state index in [9.17, 15) is 4.57 Å². The van der Waals surface area contributed by atoms with Crippen molar-refractivity contribution < 1.29 is 31.2 Å². The summed E-state index contributed by atoms with van der Waals surface area (Å²) >= 11 is 0. The molecule has 0 spiro atoms. The van der Waals surface area contributed by atoms with Crippen LogP contribution in [0.3, 0.4) is 0 Å². The second-order valence-electron chi connectivity index (χ2n) is 0.747. The Morgan fingerprint density at radius 1 is 1.83 bits per heavy atom. The molecule has 6 heavy (non-hydrogen) atoms. The number of hydrogen-bond acceptors (Lipinski definition) is 1. The Hall–Kier alpha value is 0.904. The van der Waals surface area contributed by atoms with Gasteiger partial charge in [-0.05, 0) is 0 Å². The summed E-state index contributed by atoms with van der Waals surface area (Å²) in [5, 5.41) is 0. The second kappa shape index (κ2) is 5.90. The topological polar surface area (TPSA) is 37.3 Å². The van der Waals surface area contributed by atoms with Crippen molar-refractivity contribution in [1.29, 1.82) is 0 Å². The fourth-order valence-corrected chi connectivity index (χ4v) is 0. The predicted octanol–water partition coefficient (Wildman–Crippen LogP) is 0.471. The molecule has 1 N–H and O–H groups in total. The molecule has 0 fully saturated rings. The largest absolute Gasteiger partial charge is 0.346 e. The van der Waals surface area contributed by atoms with Gasteiger partial charge in [0, 0.05) is 27.9 Å². The van der Waals surface area contributed by atoms with E-state index in [0.717, 1.165) is 0 Å². The zero-order valence-electron chi connectivity index (χ0n) is 3.56. The van der Waals surface area contributed by atoms with Gasteiger partial charge in [-0.25, -0.2) is 0 Å². The molecule has 0 aliphatic rings. The van der Waals surface area contributed by atoms with Gasteiger partial charge in [0.15, 0.2) is 8.03 Å². The third-order valence-corrected chi connectivity index (χ3v) is 0.907. The molecule has 0 radical (unpaired) electrons. The Morgan fingerprint density at radius 2 is 2.00 bits per heavy atom. The molecule has 0 aliphatic carbocycles. The molecular weight excluding hydrogens is 135 g/mol. The Labute approximate surface area is 52.7 Å². The summed E-state index contributed by atoms with van der Waals surface area (Å²) in [6.07, 6.45) is 0.407. The summed E-state index contributed by atoms with van der Waals surface area (Å²) in [6.45, 7) is 1.68. The molecule has 0 aliphatic heterocycles. The average molecular weight is 142 g/mol. The minimum atomic E-state index is -2.12. The van der Waals surface area contributed by atoms with E-state index in [4.69, 9.17) is 4.89 Å². The maximum absolute atomic E-state index is 9.55. The number of hydrogen-bond donors (Lipinski definition) is 1. The van der Waals surface area contributed by atoms with Gasteiger partial charge in [-0.15, -0.1) is 0 Å². The zero-order chi connectivity index (χ0) is 4.28. The van der Waals surface area contributed by atoms with Crippen molar-refractivity contribution in [2.75, 3.05) is 6.16 Å². The summed E-state index contributed by atoms with van der Waals surface area (Å²) in [5.41, 5.74) is 0.